The molecule has 102 valence electrons. The number of carbonyl (C=O) groups is 1. The van der Waals surface area contributed by atoms with Gasteiger partial charge in [-0.3, -0.25) is 0 Å². The first-order valence-electron chi connectivity index (χ1n) is 6.81. The van der Waals surface area contributed by atoms with Crippen molar-refractivity contribution >= 4 is 6.09 Å². The molecule has 0 heterocycles. The molecule has 0 aromatic rings. The summed E-state index contributed by atoms with van der Waals surface area (Å²) in [5.41, 5.74) is 0. The van der Waals surface area contributed by atoms with Crippen molar-refractivity contribution < 1.29 is 15.0 Å². The van der Waals surface area contributed by atoms with Crippen molar-refractivity contribution in [2.24, 2.45) is 0 Å². The predicted octanol–water partition coefficient (Wildman–Crippen LogP) is 3.10. The van der Waals surface area contributed by atoms with Gasteiger partial charge in [-0.05, 0) is 6.42 Å². The molecule has 0 aliphatic rings. The number of amides is 1. The number of carboxylic acid groups (broad SMARTS) is 1. The quantitative estimate of drug-likeness (QED) is 0.550. The minimum absolute atomic E-state index is 0.0939. The lowest BCUT2D eigenvalue weighted by molar-refractivity contribution is 0.131. The highest BCUT2D eigenvalue weighted by Crippen LogP contribution is 2.08. The molecule has 0 bridgehead atoms. The third kappa shape index (κ3) is 10.1. The molecule has 0 saturated carbocycles. The molecular weight excluding hydrogens is 218 g/mol. The number of rotatable bonds is 11. The van der Waals surface area contributed by atoms with Crippen LogP contribution >= 0.6 is 0 Å². The smallest absolute Gasteiger partial charge is 0.407 e. The number of hydrogen-bond donors (Lipinski definition) is 2. The monoisotopic (exact) mass is 245 g/mol. The first-order valence-corrected chi connectivity index (χ1v) is 6.81. The SMILES string of the molecule is CCCCCCCCCCN(CCO)C(=O)O. The second-order valence-corrected chi connectivity index (χ2v) is 4.47. The summed E-state index contributed by atoms with van der Waals surface area (Å²) in [7, 11) is 0. The zero-order chi connectivity index (χ0) is 12.9. The van der Waals surface area contributed by atoms with Gasteiger partial charge in [-0.15, -0.1) is 0 Å². The van der Waals surface area contributed by atoms with Gasteiger partial charge in [0.1, 0.15) is 0 Å². The maximum absolute atomic E-state index is 10.7. The summed E-state index contributed by atoms with van der Waals surface area (Å²) < 4.78 is 0. The van der Waals surface area contributed by atoms with Gasteiger partial charge < -0.3 is 15.1 Å². The third-order valence-corrected chi connectivity index (χ3v) is 2.92. The summed E-state index contributed by atoms with van der Waals surface area (Å²) in [5, 5.41) is 17.5. The Morgan fingerprint density at radius 3 is 1.94 bits per heavy atom. The average Bonchev–Trinajstić information content (AvgIpc) is 2.31. The van der Waals surface area contributed by atoms with Gasteiger partial charge in [-0.2, -0.15) is 0 Å². The molecule has 0 aliphatic carbocycles. The van der Waals surface area contributed by atoms with Crippen molar-refractivity contribution in [3.63, 3.8) is 0 Å². The molecule has 0 unspecified atom stereocenters. The van der Waals surface area contributed by atoms with Crippen LogP contribution in [-0.2, 0) is 0 Å². The van der Waals surface area contributed by atoms with Crippen molar-refractivity contribution in [2.75, 3.05) is 19.7 Å². The molecule has 2 N–H and O–H groups in total. The number of aliphatic hydroxyl groups excluding tert-OH is 1. The summed E-state index contributed by atoms with van der Waals surface area (Å²) in [6.45, 7) is 2.89. The molecular formula is C13H27NO3. The van der Waals surface area contributed by atoms with Gasteiger partial charge in [0.05, 0.1) is 6.61 Å². The van der Waals surface area contributed by atoms with Crippen LogP contribution in [0.2, 0.25) is 0 Å². The minimum Gasteiger partial charge on any atom is -0.465 e. The van der Waals surface area contributed by atoms with E-state index < -0.39 is 6.09 Å². The Morgan fingerprint density at radius 2 is 1.47 bits per heavy atom. The van der Waals surface area contributed by atoms with Crippen LogP contribution in [0.4, 0.5) is 4.79 Å². The van der Waals surface area contributed by atoms with Crippen LogP contribution in [0.1, 0.15) is 58.3 Å². The zero-order valence-electron chi connectivity index (χ0n) is 11.0. The minimum atomic E-state index is -0.929. The highest BCUT2D eigenvalue weighted by molar-refractivity contribution is 5.64. The van der Waals surface area contributed by atoms with Gasteiger partial charge in [-0.1, -0.05) is 51.9 Å². The van der Waals surface area contributed by atoms with Crippen LogP contribution in [0.3, 0.4) is 0 Å². The van der Waals surface area contributed by atoms with Gasteiger partial charge in [0.15, 0.2) is 0 Å². The van der Waals surface area contributed by atoms with E-state index in [0.29, 0.717) is 6.54 Å². The maximum atomic E-state index is 10.7. The summed E-state index contributed by atoms with van der Waals surface area (Å²) in [6, 6.07) is 0. The van der Waals surface area contributed by atoms with E-state index in [1.54, 1.807) is 0 Å². The van der Waals surface area contributed by atoms with E-state index in [-0.39, 0.29) is 13.2 Å². The van der Waals surface area contributed by atoms with E-state index in [0.717, 1.165) is 12.8 Å². The number of unbranched alkanes of at least 4 members (excludes halogenated alkanes) is 7. The molecule has 0 aromatic heterocycles. The Balaban J connectivity index is 3.33. The Hall–Kier alpha value is -0.770. The van der Waals surface area contributed by atoms with Gasteiger partial charge >= 0.3 is 6.09 Å². The van der Waals surface area contributed by atoms with E-state index in [4.69, 9.17) is 10.2 Å². The molecule has 4 nitrogen and oxygen atoms in total. The van der Waals surface area contributed by atoms with E-state index in [1.807, 2.05) is 0 Å². The molecule has 0 fully saturated rings. The zero-order valence-corrected chi connectivity index (χ0v) is 11.0. The van der Waals surface area contributed by atoms with Gasteiger partial charge in [-0.25, -0.2) is 4.79 Å². The highest BCUT2D eigenvalue weighted by Gasteiger charge is 2.09. The second kappa shape index (κ2) is 11.7. The topological polar surface area (TPSA) is 60.8 Å². The van der Waals surface area contributed by atoms with Crippen molar-refractivity contribution in [3.05, 3.63) is 0 Å². The lowest BCUT2D eigenvalue weighted by Gasteiger charge is -2.17. The van der Waals surface area contributed by atoms with Crippen molar-refractivity contribution in [1.29, 1.82) is 0 Å². The predicted molar refractivity (Wildman–Crippen MR) is 69.3 cm³/mol. The fraction of sp³-hybridized carbons (Fsp3) is 0.923. The maximum Gasteiger partial charge on any atom is 0.407 e. The van der Waals surface area contributed by atoms with Crippen molar-refractivity contribution in [2.45, 2.75) is 58.3 Å². The number of hydrogen-bond acceptors (Lipinski definition) is 2. The molecule has 4 heteroatoms. The number of aliphatic hydroxyl groups is 1. The van der Waals surface area contributed by atoms with E-state index in [2.05, 4.69) is 6.92 Å². The fourth-order valence-corrected chi connectivity index (χ4v) is 1.86. The molecule has 0 aliphatic heterocycles. The largest absolute Gasteiger partial charge is 0.465 e. The van der Waals surface area contributed by atoms with Crippen LogP contribution in [0, 0.1) is 0 Å². The van der Waals surface area contributed by atoms with E-state index >= 15 is 0 Å². The average molecular weight is 245 g/mol. The third-order valence-electron chi connectivity index (χ3n) is 2.92. The summed E-state index contributed by atoms with van der Waals surface area (Å²) >= 11 is 0. The lowest BCUT2D eigenvalue weighted by atomic mass is 10.1. The highest BCUT2D eigenvalue weighted by atomic mass is 16.4. The van der Waals surface area contributed by atoms with E-state index in [9.17, 15) is 4.79 Å². The van der Waals surface area contributed by atoms with E-state index in [1.165, 1.54) is 43.4 Å². The second-order valence-electron chi connectivity index (χ2n) is 4.47. The van der Waals surface area contributed by atoms with Gasteiger partial charge in [0.25, 0.3) is 0 Å². The Labute approximate surface area is 105 Å². The Kier molecular flexibility index (Phi) is 11.2. The van der Waals surface area contributed by atoms with Gasteiger partial charge in [0, 0.05) is 13.1 Å². The van der Waals surface area contributed by atoms with Crippen molar-refractivity contribution in [1.82, 2.24) is 4.90 Å². The summed E-state index contributed by atoms with van der Waals surface area (Å²) in [6.07, 6.45) is 8.72. The van der Waals surface area contributed by atoms with Crippen molar-refractivity contribution in [3.8, 4) is 0 Å². The Bertz CT molecular complexity index is 186. The molecule has 1 amide bonds. The standard InChI is InChI=1S/C13H27NO3/c1-2-3-4-5-6-7-8-9-10-14(11-12-15)13(16)17/h15H,2-12H2,1H3,(H,16,17). The molecule has 0 radical (unpaired) electrons. The van der Waals surface area contributed by atoms with Crippen LogP contribution in [0.15, 0.2) is 0 Å². The molecule has 17 heavy (non-hydrogen) atoms. The fourth-order valence-electron chi connectivity index (χ4n) is 1.86. The van der Waals surface area contributed by atoms with Crippen LogP contribution in [0.25, 0.3) is 0 Å². The first-order chi connectivity index (χ1) is 8.22. The van der Waals surface area contributed by atoms with Crippen LogP contribution in [0.5, 0.6) is 0 Å². The molecule has 0 spiro atoms. The lowest BCUT2D eigenvalue weighted by Crippen LogP contribution is -2.33. The first kappa shape index (κ1) is 16.2. The van der Waals surface area contributed by atoms with Crippen LogP contribution in [-0.4, -0.2) is 40.9 Å². The summed E-state index contributed by atoms with van der Waals surface area (Å²) in [5.74, 6) is 0. The number of nitrogens with zero attached hydrogens (tertiary/aromatic N) is 1. The molecule has 0 rings (SSSR count). The van der Waals surface area contributed by atoms with Gasteiger partial charge in [0.2, 0.25) is 0 Å². The molecule has 0 atom stereocenters. The summed E-state index contributed by atoms with van der Waals surface area (Å²) in [4.78, 5) is 12.0. The molecule has 0 saturated heterocycles. The Morgan fingerprint density at radius 1 is 0.941 bits per heavy atom. The normalized spacial score (nSPS) is 10.5. The molecule has 0 aromatic carbocycles. The van der Waals surface area contributed by atoms with Crippen LogP contribution < -0.4 is 0 Å².